The van der Waals surface area contributed by atoms with Crippen LogP contribution in [0.1, 0.15) is 11.6 Å². The van der Waals surface area contributed by atoms with Crippen LogP contribution in [0.5, 0.6) is 0 Å². The van der Waals surface area contributed by atoms with Crippen LogP contribution in [0.4, 0.5) is 4.39 Å². The number of amides is 1. The molecule has 3 rings (SSSR count). The third kappa shape index (κ3) is 2.35. The van der Waals surface area contributed by atoms with Gasteiger partial charge in [0.05, 0.1) is 0 Å². The highest BCUT2D eigenvalue weighted by atomic mass is 19.1. The lowest BCUT2D eigenvalue weighted by Crippen LogP contribution is -2.34. The van der Waals surface area contributed by atoms with Gasteiger partial charge in [0.25, 0.3) is 5.91 Å². The fourth-order valence-corrected chi connectivity index (χ4v) is 2.22. The summed E-state index contributed by atoms with van der Waals surface area (Å²) in [6.07, 6.45) is 1.45. The maximum absolute atomic E-state index is 12.9. The second-order valence-corrected chi connectivity index (χ2v) is 4.78. The molecule has 1 aromatic carbocycles. The Kier molecular flexibility index (Phi) is 3.13. The van der Waals surface area contributed by atoms with E-state index in [0.717, 1.165) is 16.7 Å². The molecule has 2 aromatic rings. The molecule has 1 unspecified atom stereocenters. The first-order valence-corrected chi connectivity index (χ1v) is 6.39. The van der Waals surface area contributed by atoms with Crippen molar-refractivity contribution in [2.24, 2.45) is 10.7 Å². The highest BCUT2D eigenvalue weighted by molar-refractivity contribution is 6.04. The summed E-state index contributed by atoms with van der Waals surface area (Å²) in [4.78, 5) is 21.2. The average Bonchev–Trinajstić information content (AvgIpc) is 2.76. The number of nitrogens with zero attached hydrogens (tertiary/aromatic N) is 3. The average molecular weight is 284 g/mol. The molecule has 0 aliphatic carbocycles. The van der Waals surface area contributed by atoms with Gasteiger partial charge in [-0.05, 0) is 29.3 Å². The van der Waals surface area contributed by atoms with E-state index in [0.29, 0.717) is 0 Å². The lowest BCUT2D eigenvalue weighted by atomic mass is 10.0. The van der Waals surface area contributed by atoms with Gasteiger partial charge in [-0.2, -0.15) is 4.39 Å². The zero-order valence-corrected chi connectivity index (χ0v) is 11.3. The molecule has 0 spiro atoms. The van der Waals surface area contributed by atoms with E-state index in [2.05, 4.69) is 9.98 Å². The SMILES string of the molecule is CN1C(=O)C(c2cccc(-c3ccc(F)nc3)c2)N=C1N. The van der Waals surface area contributed by atoms with Crippen molar-refractivity contribution in [3.8, 4) is 11.1 Å². The summed E-state index contributed by atoms with van der Waals surface area (Å²) in [5.41, 5.74) is 8.03. The number of carbonyl (C=O) groups is 1. The zero-order valence-electron chi connectivity index (χ0n) is 11.3. The van der Waals surface area contributed by atoms with E-state index in [1.807, 2.05) is 24.3 Å². The summed E-state index contributed by atoms with van der Waals surface area (Å²) in [6.45, 7) is 0. The Morgan fingerprint density at radius 2 is 2.05 bits per heavy atom. The van der Waals surface area contributed by atoms with Gasteiger partial charge in [0.1, 0.15) is 0 Å². The second-order valence-electron chi connectivity index (χ2n) is 4.78. The monoisotopic (exact) mass is 284 g/mol. The fourth-order valence-electron chi connectivity index (χ4n) is 2.22. The summed E-state index contributed by atoms with van der Waals surface area (Å²) in [6, 6.07) is 9.67. The first kappa shape index (κ1) is 13.2. The Labute approximate surface area is 120 Å². The number of carbonyl (C=O) groups excluding carboxylic acids is 1. The summed E-state index contributed by atoms with van der Waals surface area (Å²) >= 11 is 0. The third-order valence-electron chi connectivity index (χ3n) is 3.43. The Morgan fingerprint density at radius 3 is 2.67 bits per heavy atom. The largest absolute Gasteiger partial charge is 0.369 e. The Balaban J connectivity index is 1.98. The molecule has 0 radical (unpaired) electrons. The highest BCUT2D eigenvalue weighted by Crippen LogP contribution is 2.28. The number of guanidine groups is 1. The van der Waals surface area contributed by atoms with Crippen LogP contribution < -0.4 is 5.73 Å². The molecule has 0 fully saturated rings. The predicted molar refractivity (Wildman–Crippen MR) is 76.8 cm³/mol. The van der Waals surface area contributed by atoms with Crippen LogP contribution in [0.2, 0.25) is 0 Å². The topological polar surface area (TPSA) is 71.6 Å². The van der Waals surface area contributed by atoms with E-state index in [1.165, 1.54) is 17.2 Å². The maximum Gasteiger partial charge on any atom is 0.258 e. The van der Waals surface area contributed by atoms with E-state index in [-0.39, 0.29) is 11.9 Å². The molecule has 1 aliphatic heterocycles. The molecule has 1 atom stereocenters. The Morgan fingerprint density at radius 1 is 1.24 bits per heavy atom. The summed E-state index contributed by atoms with van der Waals surface area (Å²) < 4.78 is 12.9. The molecule has 1 aliphatic rings. The van der Waals surface area contributed by atoms with Crippen LogP contribution in [0.25, 0.3) is 11.1 Å². The molecule has 2 heterocycles. The summed E-state index contributed by atoms with van der Waals surface area (Å²) in [5, 5.41) is 0. The van der Waals surface area contributed by atoms with Crippen LogP contribution >= 0.6 is 0 Å². The fraction of sp³-hybridized carbons (Fsp3) is 0.133. The number of likely N-dealkylation sites (N-methyl/N-ethyl adjacent to an activating group) is 1. The highest BCUT2D eigenvalue weighted by Gasteiger charge is 2.31. The van der Waals surface area contributed by atoms with Crippen LogP contribution in [0, 0.1) is 5.95 Å². The first-order valence-electron chi connectivity index (χ1n) is 6.39. The van der Waals surface area contributed by atoms with E-state index >= 15 is 0 Å². The quantitative estimate of drug-likeness (QED) is 0.853. The minimum absolute atomic E-state index is 0.165. The molecule has 2 N–H and O–H groups in total. The van der Waals surface area contributed by atoms with E-state index in [9.17, 15) is 9.18 Å². The van der Waals surface area contributed by atoms with Crippen molar-refractivity contribution in [1.82, 2.24) is 9.88 Å². The number of aliphatic imine (C=N–C) groups is 1. The standard InChI is InChI=1S/C15H13FN4O/c1-20-14(21)13(19-15(20)17)10-4-2-3-9(7-10)11-5-6-12(16)18-8-11/h2-8,13H,1H3,(H2,17,19). The molecule has 0 bridgehead atoms. The maximum atomic E-state index is 12.9. The molecule has 0 saturated carbocycles. The Bertz CT molecular complexity index is 727. The van der Waals surface area contributed by atoms with Crippen molar-refractivity contribution in [3.63, 3.8) is 0 Å². The van der Waals surface area contributed by atoms with Crippen molar-refractivity contribution in [2.75, 3.05) is 7.05 Å². The number of hydrogen-bond donors (Lipinski definition) is 1. The van der Waals surface area contributed by atoms with Gasteiger partial charge in [0.15, 0.2) is 12.0 Å². The van der Waals surface area contributed by atoms with Crippen LogP contribution in [0.3, 0.4) is 0 Å². The van der Waals surface area contributed by atoms with Gasteiger partial charge in [0.2, 0.25) is 5.95 Å². The number of pyridine rings is 1. The first-order chi connectivity index (χ1) is 10.1. The predicted octanol–water partition coefficient (Wildman–Crippen LogP) is 1.72. The molecular weight excluding hydrogens is 271 g/mol. The molecule has 21 heavy (non-hydrogen) atoms. The number of nitrogens with two attached hydrogens (primary N) is 1. The minimum Gasteiger partial charge on any atom is -0.369 e. The smallest absolute Gasteiger partial charge is 0.258 e. The van der Waals surface area contributed by atoms with Crippen molar-refractivity contribution >= 4 is 11.9 Å². The van der Waals surface area contributed by atoms with Gasteiger partial charge < -0.3 is 5.73 Å². The minimum atomic E-state index is -0.622. The molecule has 106 valence electrons. The normalized spacial score (nSPS) is 18.0. The van der Waals surface area contributed by atoms with E-state index < -0.39 is 12.0 Å². The summed E-state index contributed by atoms with van der Waals surface area (Å²) in [7, 11) is 1.59. The van der Waals surface area contributed by atoms with Gasteiger partial charge in [-0.25, -0.2) is 9.98 Å². The third-order valence-corrected chi connectivity index (χ3v) is 3.43. The van der Waals surface area contributed by atoms with Gasteiger partial charge in [-0.1, -0.05) is 18.2 Å². The molecule has 1 amide bonds. The molecule has 1 aromatic heterocycles. The Hall–Kier alpha value is -2.76. The van der Waals surface area contributed by atoms with E-state index in [1.54, 1.807) is 13.1 Å². The van der Waals surface area contributed by atoms with Crippen LogP contribution in [-0.2, 0) is 4.79 Å². The lowest BCUT2D eigenvalue weighted by Gasteiger charge is -2.11. The molecule has 5 nitrogen and oxygen atoms in total. The van der Waals surface area contributed by atoms with Gasteiger partial charge in [-0.15, -0.1) is 0 Å². The van der Waals surface area contributed by atoms with Crippen molar-refractivity contribution in [3.05, 3.63) is 54.1 Å². The summed E-state index contributed by atoms with van der Waals surface area (Å²) in [5.74, 6) is -0.486. The second kappa shape index (κ2) is 4.97. The van der Waals surface area contributed by atoms with Crippen molar-refractivity contribution < 1.29 is 9.18 Å². The van der Waals surface area contributed by atoms with Crippen molar-refractivity contribution in [2.45, 2.75) is 6.04 Å². The molecule has 6 heteroatoms. The van der Waals surface area contributed by atoms with E-state index in [4.69, 9.17) is 5.73 Å². The number of hydrogen-bond acceptors (Lipinski definition) is 4. The van der Waals surface area contributed by atoms with Crippen LogP contribution in [-0.4, -0.2) is 28.8 Å². The molecule has 0 saturated heterocycles. The number of benzene rings is 1. The van der Waals surface area contributed by atoms with Crippen LogP contribution in [0.15, 0.2) is 47.6 Å². The number of rotatable bonds is 2. The van der Waals surface area contributed by atoms with Crippen molar-refractivity contribution in [1.29, 1.82) is 0 Å². The lowest BCUT2D eigenvalue weighted by molar-refractivity contribution is -0.126. The van der Waals surface area contributed by atoms with Gasteiger partial charge >= 0.3 is 0 Å². The number of aromatic nitrogens is 1. The number of halogens is 1. The molecular formula is C15H13FN4O. The van der Waals surface area contributed by atoms with Gasteiger partial charge in [0, 0.05) is 18.8 Å². The van der Waals surface area contributed by atoms with Gasteiger partial charge in [-0.3, -0.25) is 9.69 Å². The zero-order chi connectivity index (χ0) is 15.0.